The van der Waals surface area contributed by atoms with Crippen LogP contribution in [0.5, 0.6) is 0 Å². The first-order valence-electron chi connectivity index (χ1n) is 2.05. The van der Waals surface area contributed by atoms with Crippen LogP contribution in [0.15, 0.2) is 0 Å². The van der Waals surface area contributed by atoms with Crippen LogP contribution < -0.4 is 5.73 Å². The molecule has 1 atom stereocenters. The van der Waals surface area contributed by atoms with Crippen molar-refractivity contribution in [1.82, 2.24) is 5.23 Å². The summed E-state index contributed by atoms with van der Waals surface area (Å²) in [4.78, 5) is 0. The first-order chi connectivity index (χ1) is 3.18. The van der Waals surface area contributed by atoms with E-state index in [9.17, 15) is 0 Å². The van der Waals surface area contributed by atoms with Crippen LogP contribution in [0, 0.1) is 0 Å². The summed E-state index contributed by atoms with van der Waals surface area (Å²) >= 11 is 0. The summed E-state index contributed by atoms with van der Waals surface area (Å²) in [5.74, 6) is 0. The molecule has 0 saturated carbocycles. The smallest absolute Gasteiger partial charge is 0.0717 e. The van der Waals surface area contributed by atoms with Gasteiger partial charge >= 0.3 is 0 Å². The lowest BCUT2D eigenvalue weighted by Gasteiger charge is -2.11. The van der Waals surface area contributed by atoms with Gasteiger partial charge in [0.15, 0.2) is 0 Å². The molecule has 44 valence electrons. The molecule has 0 aromatic carbocycles. The third-order valence-corrected chi connectivity index (χ3v) is 0.735. The normalized spacial score (nSPS) is 15.0. The first kappa shape index (κ1) is 6.84. The van der Waals surface area contributed by atoms with E-state index in [1.165, 1.54) is 0 Å². The maximum atomic E-state index is 8.13. The molecule has 0 aliphatic carbocycles. The molecule has 0 fully saturated rings. The second-order valence-corrected chi connectivity index (χ2v) is 1.41. The number of hydrogen-bond donors (Lipinski definition) is 3. The minimum Gasteiger partial charge on any atom is -0.329 e. The summed E-state index contributed by atoms with van der Waals surface area (Å²) in [6.07, 6.45) is 0. The number of rotatable bonds is 2. The lowest BCUT2D eigenvalue weighted by Crippen LogP contribution is -2.32. The van der Waals surface area contributed by atoms with E-state index in [-0.39, 0.29) is 17.8 Å². The Balaban J connectivity index is 3.14. The van der Waals surface area contributed by atoms with E-state index in [0.29, 0.717) is 0 Å². The summed E-state index contributed by atoms with van der Waals surface area (Å²) in [6.45, 7) is 1.84. The molecule has 0 rings (SSSR count). The largest absolute Gasteiger partial charge is 0.329 e. The molecule has 4 nitrogen and oxygen atoms in total. The Hall–Kier alpha value is -0.160. The Labute approximate surface area is 42.1 Å². The van der Waals surface area contributed by atoms with Gasteiger partial charge in [0.05, 0.1) is 6.04 Å². The molecule has 0 aromatic heterocycles. The average molecular weight is 106 g/mol. The van der Waals surface area contributed by atoms with Crippen LogP contribution in [0.25, 0.3) is 0 Å². The van der Waals surface area contributed by atoms with Gasteiger partial charge in [0.1, 0.15) is 0 Å². The number of nitrogens with two attached hydrogens (primary N) is 1. The summed E-state index contributed by atoms with van der Waals surface area (Å²) in [5, 5.41) is 16.4. The molecule has 7 heavy (non-hydrogen) atoms. The molecule has 4 N–H and O–H groups in total. The molecule has 0 amide bonds. The van der Waals surface area contributed by atoms with Crippen LogP contribution in [0.1, 0.15) is 6.92 Å². The molecular formula is C3H10N2O2. The SMILES string of the molecule is CC(CN)N(O)O. The zero-order valence-corrected chi connectivity index (χ0v) is 4.20. The molecule has 0 heterocycles. The van der Waals surface area contributed by atoms with Crippen LogP contribution in [0.2, 0.25) is 0 Å². The van der Waals surface area contributed by atoms with Crippen molar-refractivity contribution in [2.24, 2.45) is 5.73 Å². The molecule has 0 aromatic rings. The zero-order chi connectivity index (χ0) is 5.86. The fourth-order valence-electron chi connectivity index (χ4n) is 0.0943. The predicted octanol–water partition coefficient (Wildman–Crippen LogP) is -0.586. The van der Waals surface area contributed by atoms with Crippen molar-refractivity contribution in [3.63, 3.8) is 0 Å². The van der Waals surface area contributed by atoms with Gasteiger partial charge in [0.2, 0.25) is 0 Å². The first-order valence-corrected chi connectivity index (χ1v) is 2.05. The van der Waals surface area contributed by atoms with Gasteiger partial charge < -0.3 is 5.73 Å². The lowest BCUT2D eigenvalue weighted by atomic mass is 10.4. The highest BCUT2D eigenvalue weighted by Crippen LogP contribution is 1.83. The summed E-state index contributed by atoms with van der Waals surface area (Å²) in [6, 6.07) is -0.375. The molecule has 0 bridgehead atoms. The molecular weight excluding hydrogens is 96.0 g/mol. The minimum atomic E-state index is -0.375. The highest BCUT2D eigenvalue weighted by molar-refractivity contribution is 4.49. The van der Waals surface area contributed by atoms with E-state index >= 15 is 0 Å². The molecule has 0 saturated heterocycles. The second-order valence-electron chi connectivity index (χ2n) is 1.41. The van der Waals surface area contributed by atoms with E-state index in [2.05, 4.69) is 0 Å². The monoisotopic (exact) mass is 106 g/mol. The van der Waals surface area contributed by atoms with E-state index in [1.807, 2.05) is 0 Å². The molecule has 4 heteroatoms. The van der Waals surface area contributed by atoms with Crippen LogP contribution >= 0.6 is 0 Å². The van der Waals surface area contributed by atoms with E-state index in [0.717, 1.165) is 0 Å². The van der Waals surface area contributed by atoms with Crippen LogP contribution in [0.3, 0.4) is 0 Å². The maximum absolute atomic E-state index is 8.13. The van der Waals surface area contributed by atoms with Crippen molar-refractivity contribution >= 4 is 0 Å². The van der Waals surface area contributed by atoms with Crippen molar-refractivity contribution in [2.75, 3.05) is 6.54 Å². The number of hydroxylamine groups is 2. The molecule has 0 spiro atoms. The van der Waals surface area contributed by atoms with Gasteiger partial charge in [-0.15, -0.1) is 0 Å². The van der Waals surface area contributed by atoms with Gasteiger partial charge in [0, 0.05) is 6.54 Å². The Bertz CT molecular complexity index is 48.2. The summed E-state index contributed by atoms with van der Waals surface area (Å²) in [7, 11) is 0. The molecule has 0 aliphatic rings. The zero-order valence-electron chi connectivity index (χ0n) is 4.20. The van der Waals surface area contributed by atoms with E-state index in [4.69, 9.17) is 16.1 Å². The van der Waals surface area contributed by atoms with Crippen molar-refractivity contribution in [1.29, 1.82) is 0 Å². The molecule has 0 radical (unpaired) electrons. The Morgan fingerprint density at radius 2 is 2.14 bits per heavy atom. The van der Waals surface area contributed by atoms with Gasteiger partial charge in [0.25, 0.3) is 0 Å². The van der Waals surface area contributed by atoms with Gasteiger partial charge in [-0.25, -0.2) is 0 Å². The van der Waals surface area contributed by atoms with Crippen LogP contribution in [-0.2, 0) is 0 Å². The number of nitrogens with zero attached hydrogens (tertiary/aromatic N) is 1. The van der Waals surface area contributed by atoms with E-state index in [1.54, 1.807) is 6.92 Å². The average Bonchev–Trinajstić information content (AvgIpc) is 1.65. The fraction of sp³-hybridized carbons (Fsp3) is 1.00. The van der Waals surface area contributed by atoms with E-state index < -0.39 is 0 Å². The Morgan fingerprint density at radius 3 is 2.14 bits per heavy atom. The third-order valence-electron chi connectivity index (χ3n) is 0.735. The highest BCUT2D eigenvalue weighted by Gasteiger charge is 2.02. The quantitative estimate of drug-likeness (QED) is 0.412. The maximum Gasteiger partial charge on any atom is 0.0717 e. The topological polar surface area (TPSA) is 69.7 Å². The fourth-order valence-corrected chi connectivity index (χ4v) is 0.0943. The number of hydrogen-bond acceptors (Lipinski definition) is 4. The highest BCUT2D eigenvalue weighted by atomic mass is 16.8. The summed E-state index contributed by atoms with van der Waals surface area (Å²) < 4.78 is 0. The Kier molecular flexibility index (Phi) is 2.86. The lowest BCUT2D eigenvalue weighted by molar-refractivity contribution is -0.326. The van der Waals surface area contributed by atoms with Crippen LogP contribution in [-0.4, -0.2) is 28.2 Å². The van der Waals surface area contributed by atoms with Crippen molar-refractivity contribution in [2.45, 2.75) is 13.0 Å². The molecule has 0 aliphatic heterocycles. The standard InChI is InChI=1S/C3H10N2O2/c1-3(2-4)5(6)7/h3,6-7H,2,4H2,1H3. The third kappa shape index (κ3) is 2.52. The van der Waals surface area contributed by atoms with Gasteiger partial charge in [-0.05, 0) is 6.92 Å². The van der Waals surface area contributed by atoms with Gasteiger partial charge in [-0.2, -0.15) is 0 Å². The Morgan fingerprint density at radius 1 is 1.71 bits per heavy atom. The van der Waals surface area contributed by atoms with Crippen molar-refractivity contribution in [3.05, 3.63) is 0 Å². The summed E-state index contributed by atoms with van der Waals surface area (Å²) in [5.41, 5.74) is 5.01. The molecule has 1 unspecified atom stereocenters. The van der Waals surface area contributed by atoms with Crippen molar-refractivity contribution in [3.8, 4) is 0 Å². The van der Waals surface area contributed by atoms with Crippen molar-refractivity contribution < 1.29 is 10.4 Å². The predicted molar refractivity (Wildman–Crippen MR) is 23.9 cm³/mol. The minimum absolute atomic E-state index is 0.0972. The van der Waals surface area contributed by atoms with Gasteiger partial charge in [-0.3, -0.25) is 10.4 Å². The second kappa shape index (κ2) is 2.92. The van der Waals surface area contributed by atoms with Crippen LogP contribution in [0.4, 0.5) is 0 Å². The van der Waals surface area contributed by atoms with Gasteiger partial charge in [-0.1, -0.05) is 5.23 Å².